The zero-order chi connectivity index (χ0) is 16.7. The summed E-state index contributed by atoms with van der Waals surface area (Å²) >= 11 is 0. The molecule has 0 aliphatic heterocycles. The molecule has 4 heteroatoms. The molecule has 23 heavy (non-hydrogen) atoms. The Bertz CT molecular complexity index is 603. The smallest absolute Gasteiger partial charge is 0.109 e. The number of quaternary nitrogens is 1. The maximum atomic E-state index is 11.6. The van der Waals surface area contributed by atoms with Crippen LogP contribution in [0.1, 0.15) is 30.5 Å². The van der Waals surface area contributed by atoms with Crippen LogP contribution in [-0.4, -0.2) is 12.1 Å². The highest BCUT2D eigenvalue weighted by molar-refractivity contribution is 5.71. The van der Waals surface area contributed by atoms with Crippen molar-refractivity contribution in [3.8, 4) is 0 Å². The van der Waals surface area contributed by atoms with E-state index in [4.69, 9.17) is 0 Å². The topological polar surface area (TPSA) is 56.7 Å². The van der Waals surface area contributed by atoms with Gasteiger partial charge in [0.2, 0.25) is 0 Å². The molecular formula is C19H22FNO2. The summed E-state index contributed by atoms with van der Waals surface area (Å²) in [5.41, 5.74) is 2.77. The second-order valence-corrected chi connectivity index (χ2v) is 5.80. The van der Waals surface area contributed by atoms with Gasteiger partial charge in [-0.25, -0.2) is 4.39 Å². The highest BCUT2D eigenvalue weighted by Crippen LogP contribution is 2.32. The van der Waals surface area contributed by atoms with Crippen LogP contribution in [0.4, 0.5) is 4.39 Å². The van der Waals surface area contributed by atoms with E-state index < -0.39 is 18.1 Å². The molecule has 0 aromatic heterocycles. The van der Waals surface area contributed by atoms with E-state index in [0.717, 1.165) is 6.54 Å². The third kappa shape index (κ3) is 5.83. The van der Waals surface area contributed by atoms with Gasteiger partial charge in [0.05, 0.1) is 0 Å². The van der Waals surface area contributed by atoms with Gasteiger partial charge in [0.25, 0.3) is 0 Å². The van der Waals surface area contributed by atoms with Crippen molar-refractivity contribution in [2.45, 2.75) is 32.1 Å². The second-order valence-electron chi connectivity index (χ2n) is 5.80. The van der Waals surface area contributed by atoms with Crippen molar-refractivity contribution in [3.05, 3.63) is 71.8 Å². The lowest BCUT2D eigenvalue weighted by Crippen LogP contribution is -2.83. The summed E-state index contributed by atoms with van der Waals surface area (Å²) in [4.78, 5) is 9.62. The van der Waals surface area contributed by atoms with Gasteiger partial charge >= 0.3 is 0 Å². The van der Waals surface area contributed by atoms with Crippen LogP contribution in [0, 0.1) is 5.92 Å². The number of rotatable bonds is 5. The number of carboxylic acids is 1. The lowest BCUT2D eigenvalue weighted by Gasteiger charge is -2.10. The fourth-order valence-electron chi connectivity index (χ4n) is 2.23. The molecule has 0 amide bonds. The molecule has 0 radical (unpaired) electrons. The molecule has 1 saturated carbocycles. The van der Waals surface area contributed by atoms with Crippen molar-refractivity contribution in [3.63, 3.8) is 0 Å². The molecule has 2 aromatic carbocycles. The Balaban J connectivity index is 0.000000229. The number of benzene rings is 2. The summed E-state index contributed by atoms with van der Waals surface area (Å²) in [6, 6.07) is 21.7. The summed E-state index contributed by atoms with van der Waals surface area (Å²) in [5, 5.41) is 12.0. The molecule has 0 spiro atoms. The highest BCUT2D eigenvalue weighted by atomic mass is 19.1. The Labute approximate surface area is 136 Å². The first-order valence-corrected chi connectivity index (χ1v) is 7.85. The van der Waals surface area contributed by atoms with Crippen molar-refractivity contribution in [1.29, 1.82) is 0 Å². The Hall–Kier alpha value is -2.20. The Morgan fingerprint density at radius 1 is 1.17 bits per heavy atom. The Morgan fingerprint density at radius 3 is 2.13 bits per heavy atom. The molecule has 2 aromatic rings. The molecule has 2 N–H and O–H groups in total. The molecule has 1 fully saturated rings. The summed E-state index contributed by atoms with van der Waals surface area (Å²) in [5.74, 6) is -2.05. The molecule has 3 rings (SSSR count). The molecule has 0 bridgehead atoms. The number of hydrogen-bond donors (Lipinski definition) is 1. The summed E-state index contributed by atoms with van der Waals surface area (Å²) in [6.07, 6.45) is -0.965. The Kier molecular flexibility index (Phi) is 6.29. The first-order chi connectivity index (χ1) is 11.1. The number of halogens is 1. The van der Waals surface area contributed by atoms with E-state index in [-0.39, 0.29) is 6.42 Å². The van der Waals surface area contributed by atoms with E-state index in [9.17, 15) is 14.3 Å². The van der Waals surface area contributed by atoms with Gasteiger partial charge in [0, 0.05) is 23.0 Å². The standard InChI is InChI=1S/C15H17N.C4H5FO2/c1-13(15-10-6-3-7-11-15)16-12-14-8-4-2-5-9-14;5-3-1-2(3)4(6)7/h2-11,13,16H,12H2,1H3;2-3H,1H2,(H,6,7)/t13-;2-,3+/m00/s1. The third-order valence-corrected chi connectivity index (χ3v) is 3.89. The van der Waals surface area contributed by atoms with Crippen LogP contribution in [0.25, 0.3) is 0 Å². The number of alkyl halides is 1. The predicted octanol–water partition coefficient (Wildman–Crippen LogP) is 1.61. The number of carbonyl (C=O) groups is 1. The summed E-state index contributed by atoms with van der Waals surface area (Å²) < 4.78 is 11.6. The van der Waals surface area contributed by atoms with Crippen LogP contribution in [0.2, 0.25) is 0 Å². The average molecular weight is 315 g/mol. The predicted molar refractivity (Wildman–Crippen MR) is 84.9 cm³/mol. The fraction of sp³-hybridized carbons (Fsp3) is 0.316. The van der Waals surface area contributed by atoms with E-state index in [2.05, 4.69) is 72.9 Å². The maximum Gasteiger partial charge on any atom is 0.109 e. The maximum absolute atomic E-state index is 11.6. The second kappa shape index (κ2) is 8.44. The zero-order valence-corrected chi connectivity index (χ0v) is 13.2. The van der Waals surface area contributed by atoms with Crippen molar-refractivity contribution in [1.82, 2.24) is 0 Å². The highest BCUT2D eigenvalue weighted by Gasteiger charge is 2.38. The van der Waals surface area contributed by atoms with E-state index >= 15 is 0 Å². The largest absolute Gasteiger partial charge is 0.550 e. The normalized spacial score (nSPS) is 20.1. The van der Waals surface area contributed by atoms with Gasteiger partial charge in [-0.15, -0.1) is 0 Å². The average Bonchev–Trinajstić information content (AvgIpc) is 3.32. The van der Waals surface area contributed by atoms with E-state index in [1.54, 1.807) is 0 Å². The lowest BCUT2D eigenvalue weighted by molar-refractivity contribution is -0.707. The fourth-order valence-corrected chi connectivity index (χ4v) is 2.23. The lowest BCUT2D eigenvalue weighted by atomic mass is 10.1. The van der Waals surface area contributed by atoms with Gasteiger partial charge in [-0.1, -0.05) is 60.7 Å². The van der Waals surface area contributed by atoms with Crippen molar-refractivity contribution < 1.29 is 19.6 Å². The molecule has 3 nitrogen and oxygen atoms in total. The number of hydrogen-bond acceptors (Lipinski definition) is 2. The molecule has 0 unspecified atom stereocenters. The minimum absolute atomic E-state index is 0.155. The molecule has 3 atom stereocenters. The van der Waals surface area contributed by atoms with Crippen LogP contribution < -0.4 is 10.4 Å². The summed E-state index contributed by atoms with van der Waals surface area (Å²) in [7, 11) is 0. The Morgan fingerprint density at radius 2 is 1.70 bits per heavy atom. The zero-order valence-electron chi connectivity index (χ0n) is 13.2. The van der Waals surface area contributed by atoms with E-state index in [1.807, 2.05) is 0 Å². The number of carbonyl (C=O) groups excluding carboxylic acids is 1. The van der Waals surface area contributed by atoms with Crippen molar-refractivity contribution >= 4 is 5.97 Å². The van der Waals surface area contributed by atoms with Gasteiger partial charge in [0.15, 0.2) is 0 Å². The molecule has 0 heterocycles. The number of carboxylic acid groups (broad SMARTS) is 1. The molecular weight excluding hydrogens is 293 g/mol. The molecule has 122 valence electrons. The van der Waals surface area contributed by atoms with Gasteiger partial charge in [-0.2, -0.15) is 0 Å². The van der Waals surface area contributed by atoms with Gasteiger partial charge in [-0.05, 0) is 13.3 Å². The van der Waals surface area contributed by atoms with E-state index in [1.165, 1.54) is 11.1 Å². The summed E-state index contributed by atoms with van der Waals surface area (Å²) in [6.45, 7) is 3.29. The monoisotopic (exact) mass is 315 g/mol. The van der Waals surface area contributed by atoms with Crippen LogP contribution in [0.3, 0.4) is 0 Å². The molecule has 1 aliphatic rings. The number of aliphatic carboxylic acids is 1. The molecule has 1 aliphatic carbocycles. The van der Waals surface area contributed by atoms with Gasteiger partial charge < -0.3 is 15.2 Å². The first-order valence-electron chi connectivity index (χ1n) is 7.85. The van der Waals surface area contributed by atoms with Crippen LogP contribution in [-0.2, 0) is 11.3 Å². The minimum atomic E-state index is -1.26. The quantitative estimate of drug-likeness (QED) is 0.911. The van der Waals surface area contributed by atoms with Crippen molar-refractivity contribution in [2.75, 3.05) is 0 Å². The third-order valence-electron chi connectivity index (χ3n) is 3.89. The van der Waals surface area contributed by atoms with Gasteiger partial charge in [0.1, 0.15) is 18.8 Å². The van der Waals surface area contributed by atoms with E-state index in [0.29, 0.717) is 6.04 Å². The minimum Gasteiger partial charge on any atom is -0.550 e. The first kappa shape index (κ1) is 17.2. The SMILES string of the molecule is C[C@H]([NH2+]Cc1ccccc1)c1ccccc1.O=C([O-])[C@H]1C[C@H]1F. The molecule has 0 saturated heterocycles. The van der Waals surface area contributed by atoms with Crippen LogP contribution in [0.5, 0.6) is 0 Å². The van der Waals surface area contributed by atoms with Crippen molar-refractivity contribution in [2.24, 2.45) is 5.92 Å². The number of nitrogens with two attached hydrogens (primary N) is 1. The van der Waals surface area contributed by atoms with Crippen LogP contribution in [0.15, 0.2) is 60.7 Å². The van der Waals surface area contributed by atoms with Crippen LogP contribution >= 0.6 is 0 Å². The van der Waals surface area contributed by atoms with Gasteiger partial charge in [-0.3, -0.25) is 0 Å².